The second-order valence-electron chi connectivity index (χ2n) is 4.94. The van der Waals surface area contributed by atoms with Crippen LogP contribution in [0.1, 0.15) is 45.4 Å². The number of hydrogen-bond acceptors (Lipinski definition) is 2. The van der Waals surface area contributed by atoms with Crippen molar-refractivity contribution >= 4 is 27.9 Å². The van der Waals surface area contributed by atoms with Crippen molar-refractivity contribution in [3.63, 3.8) is 0 Å². The first-order valence-electron chi connectivity index (χ1n) is 6.71. The van der Waals surface area contributed by atoms with E-state index >= 15 is 0 Å². The summed E-state index contributed by atoms with van der Waals surface area (Å²) in [6, 6.07) is -0.0945. The molecule has 0 saturated carbocycles. The normalized spacial score (nSPS) is 20.7. The molecule has 1 saturated heterocycles. The van der Waals surface area contributed by atoms with E-state index in [-0.39, 0.29) is 18.0 Å². The predicted molar refractivity (Wildman–Crippen MR) is 75.8 cm³/mol. The minimum Gasteiger partial charge on any atom is -0.321 e. The van der Waals surface area contributed by atoms with Crippen LogP contribution in [0, 0.1) is 0 Å². The van der Waals surface area contributed by atoms with Crippen LogP contribution < -0.4 is 0 Å². The zero-order valence-corrected chi connectivity index (χ0v) is 12.9. The minimum atomic E-state index is -0.140. The van der Waals surface area contributed by atoms with Gasteiger partial charge in [0.25, 0.3) is 0 Å². The highest BCUT2D eigenvalue weighted by Crippen LogP contribution is 2.17. The molecule has 1 fully saturated rings. The summed E-state index contributed by atoms with van der Waals surface area (Å²) in [5.41, 5.74) is 0. The smallest absolute Gasteiger partial charge is 0.321 e. The summed E-state index contributed by atoms with van der Waals surface area (Å²) in [7, 11) is 1.57. The molecule has 0 aromatic heterocycles. The maximum atomic E-state index is 11.9. The van der Waals surface area contributed by atoms with Crippen molar-refractivity contribution in [2.45, 2.75) is 51.5 Å². The Hall–Kier alpha value is -0.580. The van der Waals surface area contributed by atoms with Crippen molar-refractivity contribution in [1.29, 1.82) is 0 Å². The summed E-state index contributed by atoms with van der Waals surface area (Å²) in [6.45, 7) is 2.72. The van der Waals surface area contributed by atoms with Gasteiger partial charge in [0.1, 0.15) is 0 Å². The molecule has 5 heteroatoms. The molecule has 0 spiro atoms. The van der Waals surface area contributed by atoms with Crippen molar-refractivity contribution in [1.82, 2.24) is 9.80 Å². The van der Waals surface area contributed by atoms with E-state index in [4.69, 9.17) is 0 Å². The van der Waals surface area contributed by atoms with E-state index in [0.29, 0.717) is 6.42 Å². The Labute approximate surface area is 118 Å². The molecule has 1 unspecified atom stereocenters. The number of halogens is 1. The van der Waals surface area contributed by atoms with Crippen LogP contribution in [-0.2, 0) is 4.79 Å². The van der Waals surface area contributed by atoms with Crippen LogP contribution in [0.4, 0.5) is 4.79 Å². The molecular formula is C13H23BrN2O2. The zero-order valence-electron chi connectivity index (χ0n) is 11.3. The quantitative estimate of drug-likeness (QED) is 0.535. The van der Waals surface area contributed by atoms with Crippen LogP contribution in [0.5, 0.6) is 0 Å². The highest BCUT2D eigenvalue weighted by atomic mass is 79.9. The molecule has 18 heavy (non-hydrogen) atoms. The molecule has 3 amide bonds. The molecular weight excluding hydrogens is 296 g/mol. The van der Waals surface area contributed by atoms with Crippen LogP contribution in [0.2, 0.25) is 0 Å². The van der Waals surface area contributed by atoms with Gasteiger partial charge in [0.15, 0.2) is 0 Å². The summed E-state index contributed by atoms with van der Waals surface area (Å²) in [5.74, 6) is -0.0685. The van der Waals surface area contributed by atoms with Gasteiger partial charge in [-0.3, -0.25) is 9.69 Å². The Kier molecular flexibility index (Phi) is 6.68. The molecule has 0 N–H and O–H groups in total. The van der Waals surface area contributed by atoms with Crippen molar-refractivity contribution in [3.05, 3.63) is 0 Å². The van der Waals surface area contributed by atoms with Gasteiger partial charge in [0.2, 0.25) is 5.91 Å². The number of urea groups is 1. The zero-order chi connectivity index (χ0) is 13.5. The Bertz CT molecular complexity index is 297. The largest absolute Gasteiger partial charge is 0.326 e. The number of imide groups is 1. The van der Waals surface area contributed by atoms with Gasteiger partial charge in [-0.2, -0.15) is 0 Å². The predicted octanol–water partition coefficient (Wildman–Crippen LogP) is 3.00. The van der Waals surface area contributed by atoms with E-state index in [0.717, 1.165) is 24.7 Å². The summed E-state index contributed by atoms with van der Waals surface area (Å²) < 4.78 is 0. The van der Waals surface area contributed by atoms with E-state index in [1.165, 1.54) is 24.2 Å². The van der Waals surface area contributed by atoms with E-state index in [1.54, 1.807) is 7.05 Å². The van der Waals surface area contributed by atoms with Crippen molar-refractivity contribution in [2.75, 3.05) is 18.9 Å². The number of alkyl halides is 1. The van der Waals surface area contributed by atoms with Crippen molar-refractivity contribution in [2.24, 2.45) is 0 Å². The molecule has 0 bridgehead atoms. The lowest BCUT2D eigenvalue weighted by Crippen LogP contribution is -2.54. The third-order valence-corrected chi connectivity index (χ3v) is 4.00. The highest BCUT2D eigenvalue weighted by Gasteiger charge is 2.33. The number of carbonyl (C=O) groups is 2. The Morgan fingerprint density at radius 3 is 2.44 bits per heavy atom. The third kappa shape index (κ3) is 4.26. The van der Waals surface area contributed by atoms with Crippen LogP contribution in [0.25, 0.3) is 0 Å². The summed E-state index contributed by atoms with van der Waals surface area (Å²) in [4.78, 5) is 26.5. The SMILES string of the molecule is CC1CC(=O)N(C)C(=O)N1CCCCCCCBr. The van der Waals surface area contributed by atoms with Gasteiger partial charge in [0.05, 0.1) is 0 Å². The molecule has 1 atom stereocenters. The first kappa shape index (κ1) is 15.5. The van der Waals surface area contributed by atoms with Crippen LogP contribution in [0.3, 0.4) is 0 Å². The highest BCUT2D eigenvalue weighted by molar-refractivity contribution is 9.09. The lowest BCUT2D eigenvalue weighted by Gasteiger charge is -2.37. The second-order valence-corrected chi connectivity index (χ2v) is 5.73. The van der Waals surface area contributed by atoms with Crippen molar-refractivity contribution < 1.29 is 9.59 Å². The number of hydrogen-bond donors (Lipinski definition) is 0. The fourth-order valence-corrected chi connectivity index (χ4v) is 2.61. The number of unbranched alkanes of at least 4 members (excludes halogenated alkanes) is 4. The molecule has 0 radical (unpaired) electrons. The third-order valence-electron chi connectivity index (χ3n) is 3.44. The first-order chi connectivity index (χ1) is 8.57. The van der Waals surface area contributed by atoms with Gasteiger partial charge in [-0.15, -0.1) is 0 Å². The standard InChI is InChI=1S/C13H23BrN2O2/c1-11-10-12(17)15(2)13(18)16(11)9-7-5-3-4-6-8-14/h11H,3-10H2,1-2H3. The van der Waals surface area contributed by atoms with E-state index in [9.17, 15) is 9.59 Å². The van der Waals surface area contributed by atoms with E-state index in [1.807, 2.05) is 11.8 Å². The number of carbonyl (C=O) groups excluding carboxylic acids is 2. The number of nitrogens with zero attached hydrogens (tertiary/aromatic N) is 2. The summed E-state index contributed by atoms with van der Waals surface area (Å²) in [6.07, 6.45) is 6.31. The maximum Gasteiger partial charge on any atom is 0.326 e. The molecule has 1 aliphatic heterocycles. The molecule has 0 aliphatic carbocycles. The Morgan fingerprint density at radius 2 is 1.78 bits per heavy atom. The lowest BCUT2D eigenvalue weighted by molar-refractivity contribution is -0.131. The molecule has 0 aromatic rings. The van der Waals surface area contributed by atoms with Gasteiger partial charge in [-0.1, -0.05) is 35.2 Å². The molecule has 1 aliphatic rings. The summed E-state index contributed by atoms with van der Waals surface area (Å²) in [5, 5.41) is 1.07. The van der Waals surface area contributed by atoms with Gasteiger partial charge in [0, 0.05) is 31.4 Å². The first-order valence-corrected chi connectivity index (χ1v) is 7.83. The fraction of sp³-hybridized carbons (Fsp3) is 0.846. The number of amides is 3. The van der Waals surface area contributed by atoms with Gasteiger partial charge in [-0.05, 0) is 19.8 Å². The molecule has 1 heterocycles. The van der Waals surface area contributed by atoms with E-state index < -0.39 is 0 Å². The lowest BCUT2D eigenvalue weighted by atomic mass is 10.1. The molecule has 1 rings (SSSR count). The maximum absolute atomic E-state index is 11.9. The average Bonchev–Trinajstić information content (AvgIpc) is 2.34. The Balaban J connectivity index is 2.28. The molecule has 4 nitrogen and oxygen atoms in total. The number of rotatable bonds is 7. The van der Waals surface area contributed by atoms with Crippen molar-refractivity contribution in [3.8, 4) is 0 Å². The van der Waals surface area contributed by atoms with Crippen LogP contribution in [-0.4, -0.2) is 46.7 Å². The minimum absolute atomic E-state index is 0.0451. The van der Waals surface area contributed by atoms with Gasteiger partial charge >= 0.3 is 6.03 Å². The molecule has 0 aromatic carbocycles. The van der Waals surface area contributed by atoms with Crippen LogP contribution >= 0.6 is 15.9 Å². The fourth-order valence-electron chi connectivity index (χ4n) is 2.21. The average molecular weight is 319 g/mol. The topological polar surface area (TPSA) is 40.6 Å². The van der Waals surface area contributed by atoms with Gasteiger partial charge < -0.3 is 4.90 Å². The summed E-state index contributed by atoms with van der Waals surface area (Å²) >= 11 is 3.42. The van der Waals surface area contributed by atoms with Crippen LogP contribution in [0.15, 0.2) is 0 Å². The second kappa shape index (κ2) is 7.77. The van der Waals surface area contributed by atoms with Gasteiger partial charge in [-0.25, -0.2) is 4.79 Å². The Morgan fingerprint density at radius 1 is 1.17 bits per heavy atom. The van der Waals surface area contributed by atoms with E-state index in [2.05, 4.69) is 15.9 Å². The molecule has 104 valence electrons. The monoisotopic (exact) mass is 318 g/mol.